The van der Waals surface area contributed by atoms with Gasteiger partial charge in [0, 0.05) is 17.8 Å². The molecule has 0 bridgehead atoms. The minimum absolute atomic E-state index is 0.0341. The van der Waals surface area contributed by atoms with Crippen LogP contribution in [-0.4, -0.2) is 23.3 Å². The molecule has 5 rings (SSSR count). The number of ether oxygens (including phenoxy) is 1. The third-order valence-corrected chi connectivity index (χ3v) is 8.82. The minimum Gasteiger partial charge on any atom is -0.365 e. The molecular formula is C21H28O3. The van der Waals surface area contributed by atoms with Crippen molar-refractivity contribution in [2.24, 2.45) is 28.6 Å². The molecule has 7 atom stereocenters. The largest absolute Gasteiger partial charge is 0.365 e. The summed E-state index contributed by atoms with van der Waals surface area (Å²) in [4.78, 5) is 24.2. The number of Topliss-reactive ketones (excluding diaryl/α,β-unsaturated/α-hetero) is 1. The Morgan fingerprint density at radius 1 is 1.17 bits per heavy atom. The maximum absolute atomic E-state index is 12.2. The number of carbonyl (C=O) groups excluding carboxylic acids is 2. The predicted octanol–water partition coefficient (Wildman–Crippen LogP) is 3.85. The van der Waals surface area contributed by atoms with E-state index in [2.05, 4.69) is 13.8 Å². The Balaban J connectivity index is 1.57. The van der Waals surface area contributed by atoms with Crippen molar-refractivity contribution in [1.29, 1.82) is 0 Å². The first-order valence-corrected chi connectivity index (χ1v) is 9.75. The smallest absolute Gasteiger partial charge is 0.155 e. The molecule has 3 heteroatoms. The number of ketones is 2. The number of rotatable bonds is 1. The van der Waals surface area contributed by atoms with Gasteiger partial charge in [0.1, 0.15) is 11.4 Å². The summed E-state index contributed by atoms with van der Waals surface area (Å²) in [7, 11) is 0. The van der Waals surface area contributed by atoms with E-state index in [1.807, 2.05) is 6.08 Å². The van der Waals surface area contributed by atoms with Crippen molar-refractivity contribution < 1.29 is 14.3 Å². The highest BCUT2D eigenvalue weighted by molar-refractivity contribution is 5.91. The maximum atomic E-state index is 12.2. The molecule has 130 valence electrons. The van der Waals surface area contributed by atoms with Gasteiger partial charge < -0.3 is 4.74 Å². The van der Waals surface area contributed by atoms with Gasteiger partial charge in [-0.05, 0) is 68.8 Å². The molecule has 0 aromatic carbocycles. The van der Waals surface area contributed by atoms with Crippen LogP contribution in [0.3, 0.4) is 0 Å². The SMILES string of the molecule is CC(=O)C1CCC2C3CCC4=CC(=O)CCC4(C)C34OC4CC12C. The fraction of sp³-hybridized carbons (Fsp3) is 0.810. The van der Waals surface area contributed by atoms with E-state index < -0.39 is 0 Å². The number of epoxide rings is 1. The molecule has 1 saturated heterocycles. The Hall–Kier alpha value is -0.960. The molecular weight excluding hydrogens is 300 g/mol. The van der Waals surface area contributed by atoms with Crippen LogP contribution in [0.25, 0.3) is 0 Å². The fourth-order valence-corrected chi connectivity index (χ4v) is 7.68. The highest BCUT2D eigenvalue weighted by atomic mass is 16.6. The van der Waals surface area contributed by atoms with Crippen LogP contribution in [0.1, 0.15) is 65.7 Å². The van der Waals surface area contributed by atoms with Gasteiger partial charge in [0.25, 0.3) is 0 Å². The zero-order valence-corrected chi connectivity index (χ0v) is 15.1. The molecule has 4 fully saturated rings. The highest BCUT2D eigenvalue weighted by Crippen LogP contribution is 2.75. The summed E-state index contributed by atoms with van der Waals surface area (Å²) in [6.45, 7) is 6.50. The lowest BCUT2D eigenvalue weighted by atomic mass is 9.46. The average Bonchev–Trinajstić information content (AvgIpc) is 3.12. The van der Waals surface area contributed by atoms with Gasteiger partial charge in [-0.25, -0.2) is 0 Å². The summed E-state index contributed by atoms with van der Waals surface area (Å²) in [6.07, 6.45) is 9.31. The lowest BCUT2D eigenvalue weighted by Crippen LogP contribution is -2.57. The first kappa shape index (κ1) is 15.3. The molecule has 0 aromatic heterocycles. The van der Waals surface area contributed by atoms with Gasteiger partial charge in [-0.15, -0.1) is 0 Å². The van der Waals surface area contributed by atoms with E-state index >= 15 is 0 Å². The van der Waals surface area contributed by atoms with Crippen LogP contribution in [0.15, 0.2) is 11.6 Å². The zero-order chi connectivity index (χ0) is 16.9. The molecule has 3 saturated carbocycles. The second kappa shape index (κ2) is 4.41. The molecule has 5 aliphatic rings. The predicted molar refractivity (Wildman–Crippen MR) is 90.4 cm³/mol. The van der Waals surface area contributed by atoms with Gasteiger partial charge >= 0.3 is 0 Å². The number of hydrogen-bond acceptors (Lipinski definition) is 3. The molecule has 3 nitrogen and oxygen atoms in total. The third kappa shape index (κ3) is 1.54. The van der Waals surface area contributed by atoms with Crippen LogP contribution in [-0.2, 0) is 14.3 Å². The van der Waals surface area contributed by atoms with Crippen molar-refractivity contribution in [1.82, 2.24) is 0 Å². The number of carbonyl (C=O) groups is 2. The number of fused-ring (bicyclic) bond motifs is 3. The van der Waals surface area contributed by atoms with Crippen molar-refractivity contribution in [3.05, 3.63) is 11.6 Å². The van der Waals surface area contributed by atoms with Crippen LogP contribution in [0, 0.1) is 28.6 Å². The van der Waals surface area contributed by atoms with Crippen molar-refractivity contribution in [3.8, 4) is 0 Å². The van der Waals surface area contributed by atoms with E-state index in [1.54, 1.807) is 6.92 Å². The van der Waals surface area contributed by atoms with Gasteiger partial charge in [-0.2, -0.15) is 0 Å². The monoisotopic (exact) mass is 328 g/mol. The molecule has 0 N–H and O–H groups in total. The number of hydrogen-bond donors (Lipinski definition) is 0. The molecule has 0 radical (unpaired) electrons. The van der Waals surface area contributed by atoms with Gasteiger partial charge in [0.15, 0.2) is 5.78 Å². The van der Waals surface area contributed by atoms with Crippen LogP contribution < -0.4 is 0 Å². The molecule has 1 aliphatic heterocycles. The van der Waals surface area contributed by atoms with Crippen LogP contribution in [0.2, 0.25) is 0 Å². The van der Waals surface area contributed by atoms with E-state index in [-0.39, 0.29) is 22.3 Å². The summed E-state index contributed by atoms with van der Waals surface area (Å²) >= 11 is 0. The van der Waals surface area contributed by atoms with E-state index in [0.29, 0.717) is 35.9 Å². The lowest BCUT2D eigenvalue weighted by Gasteiger charge is -2.55. The van der Waals surface area contributed by atoms with Gasteiger partial charge in [-0.3, -0.25) is 9.59 Å². The van der Waals surface area contributed by atoms with E-state index in [4.69, 9.17) is 4.74 Å². The standard InChI is InChI=1S/C21H28O3/c1-12(22)15-6-7-16-17-5-4-13-10-14(23)8-9-20(13,3)21(17)18(24-21)11-19(15,16)2/h10,15-18H,4-9,11H2,1-3H3. The molecule has 24 heavy (non-hydrogen) atoms. The van der Waals surface area contributed by atoms with Gasteiger partial charge in [-0.1, -0.05) is 19.4 Å². The molecule has 1 heterocycles. The Kier molecular flexibility index (Phi) is 2.81. The Morgan fingerprint density at radius 3 is 2.71 bits per heavy atom. The summed E-state index contributed by atoms with van der Waals surface area (Å²) in [5, 5.41) is 0. The quantitative estimate of drug-likeness (QED) is 0.687. The van der Waals surface area contributed by atoms with Crippen molar-refractivity contribution >= 4 is 11.6 Å². The molecule has 4 aliphatic carbocycles. The summed E-state index contributed by atoms with van der Waals surface area (Å²) in [5.74, 6) is 2.08. The lowest BCUT2D eigenvalue weighted by molar-refractivity contribution is -0.126. The normalized spacial score (nSPS) is 55.0. The van der Waals surface area contributed by atoms with E-state index in [9.17, 15) is 9.59 Å². The van der Waals surface area contributed by atoms with Crippen LogP contribution >= 0.6 is 0 Å². The van der Waals surface area contributed by atoms with Gasteiger partial charge in [0.05, 0.1) is 6.10 Å². The zero-order valence-electron chi connectivity index (χ0n) is 15.1. The molecule has 7 unspecified atom stereocenters. The maximum Gasteiger partial charge on any atom is 0.155 e. The summed E-state index contributed by atoms with van der Waals surface area (Å²) in [5.41, 5.74) is 1.49. The Morgan fingerprint density at radius 2 is 1.96 bits per heavy atom. The second-order valence-electron chi connectivity index (χ2n) is 9.57. The second-order valence-corrected chi connectivity index (χ2v) is 9.57. The first-order valence-electron chi connectivity index (χ1n) is 9.75. The molecule has 0 aromatic rings. The molecule has 1 spiro atoms. The first-order chi connectivity index (χ1) is 11.3. The van der Waals surface area contributed by atoms with E-state index in [1.165, 1.54) is 12.0 Å². The Labute approximate surface area is 144 Å². The minimum atomic E-state index is -0.0341. The van der Waals surface area contributed by atoms with Crippen LogP contribution in [0.5, 0.6) is 0 Å². The van der Waals surface area contributed by atoms with Crippen molar-refractivity contribution in [2.45, 2.75) is 77.4 Å². The third-order valence-electron chi connectivity index (χ3n) is 8.82. The van der Waals surface area contributed by atoms with Crippen molar-refractivity contribution in [3.63, 3.8) is 0 Å². The molecule has 0 amide bonds. The average molecular weight is 328 g/mol. The van der Waals surface area contributed by atoms with E-state index in [0.717, 1.165) is 32.1 Å². The topological polar surface area (TPSA) is 46.7 Å². The Bertz CT molecular complexity index is 679. The van der Waals surface area contributed by atoms with Crippen molar-refractivity contribution in [2.75, 3.05) is 0 Å². The van der Waals surface area contributed by atoms with Crippen LogP contribution in [0.4, 0.5) is 0 Å². The summed E-state index contributed by atoms with van der Waals surface area (Å²) < 4.78 is 6.54. The highest BCUT2D eigenvalue weighted by Gasteiger charge is 2.79. The fourth-order valence-electron chi connectivity index (χ4n) is 7.68. The summed E-state index contributed by atoms with van der Waals surface area (Å²) in [6, 6.07) is 0. The van der Waals surface area contributed by atoms with Gasteiger partial charge in [0.2, 0.25) is 0 Å².